The molecule has 0 aliphatic carbocycles. The summed E-state index contributed by atoms with van der Waals surface area (Å²) in [5, 5.41) is 10.3. The van der Waals surface area contributed by atoms with Crippen molar-refractivity contribution in [3.8, 4) is 5.88 Å². The number of fused-ring (bicyclic) bond motifs is 1. The zero-order valence-corrected chi connectivity index (χ0v) is 13.1. The molecule has 0 saturated carbocycles. The SMILES string of the molecule is O=C(OCc1ccccc1)Oc1cc2cc(Cl)ccc2n1C(=O)O. The first kappa shape index (κ1) is 15.9. The zero-order valence-electron chi connectivity index (χ0n) is 12.3. The predicted molar refractivity (Wildman–Crippen MR) is 87.6 cm³/mol. The molecule has 0 atom stereocenters. The summed E-state index contributed by atoms with van der Waals surface area (Å²) in [6, 6.07) is 15.2. The van der Waals surface area contributed by atoms with Gasteiger partial charge in [0.1, 0.15) is 6.61 Å². The first-order chi connectivity index (χ1) is 11.5. The first-order valence-corrected chi connectivity index (χ1v) is 7.35. The van der Waals surface area contributed by atoms with Gasteiger partial charge in [-0.15, -0.1) is 0 Å². The third-order valence-electron chi connectivity index (χ3n) is 3.31. The second-order valence-corrected chi connectivity index (χ2v) is 5.37. The van der Waals surface area contributed by atoms with E-state index in [1.54, 1.807) is 24.3 Å². The van der Waals surface area contributed by atoms with Crippen LogP contribution in [0.15, 0.2) is 54.6 Å². The second kappa shape index (κ2) is 6.64. The molecule has 0 spiro atoms. The molecule has 0 bridgehead atoms. The Morgan fingerprint density at radius 3 is 2.54 bits per heavy atom. The largest absolute Gasteiger partial charge is 0.515 e. The molecule has 0 aliphatic rings. The van der Waals surface area contributed by atoms with Crippen LogP contribution in [0, 0.1) is 0 Å². The van der Waals surface area contributed by atoms with Crippen molar-refractivity contribution in [3.63, 3.8) is 0 Å². The molecule has 3 rings (SSSR count). The molecule has 1 heterocycles. The van der Waals surface area contributed by atoms with Crippen molar-refractivity contribution < 1.29 is 24.2 Å². The minimum absolute atomic E-state index is 0.0266. The summed E-state index contributed by atoms with van der Waals surface area (Å²) in [6.45, 7) is 0.0266. The van der Waals surface area contributed by atoms with E-state index in [0.717, 1.165) is 10.1 Å². The molecule has 6 nitrogen and oxygen atoms in total. The van der Waals surface area contributed by atoms with E-state index in [2.05, 4.69) is 0 Å². The van der Waals surface area contributed by atoms with Crippen LogP contribution >= 0.6 is 11.6 Å². The van der Waals surface area contributed by atoms with Gasteiger partial charge < -0.3 is 14.6 Å². The molecular formula is C17H12ClNO5. The lowest BCUT2D eigenvalue weighted by atomic mass is 10.2. The van der Waals surface area contributed by atoms with Crippen LogP contribution in [0.5, 0.6) is 5.88 Å². The standard InChI is InChI=1S/C17H12ClNO5/c18-13-6-7-14-12(8-13)9-15(19(14)16(20)21)24-17(22)23-10-11-4-2-1-3-5-11/h1-9H,10H2,(H,20,21). The van der Waals surface area contributed by atoms with Gasteiger partial charge in [-0.2, -0.15) is 0 Å². The first-order valence-electron chi connectivity index (χ1n) is 6.97. The Balaban J connectivity index is 1.80. The Hall–Kier alpha value is -2.99. The molecule has 122 valence electrons. The lowest BCUT2D eigenvalue weighted by Gasteiger charge is -2.07. The quantitative estimate of drug-likeness (QED) is 0.705. The third kappa shape index (κ3) is 3.33. The van der Waals surface area contributed by atoms with Gasteiger partial charge in [0.25, 0.3) is 0 Å². The lowest BCUT2D eigenvalue weighted by molar-refractivity contribution is 0.0902. The van der Waals surface area contributed by atoms with Gasteiger partial charge in [0.05, 0.1) is 5.52 Å². The highest BCUT2D eigenvalue weighted by Crippen LogP contribution is 2.28. The van der Waals surface area contributed by atoms with E-state index in [1.165, 1.54) is 12.1 Å². The number of hydrogen-bond acceptors (Lipinski definition) is 4. The summed E-state index contributed by atoms with van der Waals surface area (Å²) in [4.78, 5) is 23.3. The summed E-state index contributed by atoms with van der Waals surface area (Å²) in [7, 11) is 0. The number of carboxylic acid groups (broad SMARTS) is 1. The molecule has 3 aromatic rings. The normalized spacial score (nSPS) is 10.5. The van der Waals surface area contributed by atoms with E-state index in [4.69, 9.17) is 21.1 Å². The topological polar surface area (TPSA) is 77.8 Å². The van der Waals surface area contributed by atoms with Crippen LogP contribution < -0.4 is 4.74 Å². The molecule has 7 heteroatoms. The lowest BCUT2D eigenvalue weighted by Crippen LogP contribution is -2.16. The van der Waals surface area contributed by atoms with Crippen LogP contribution in [0.4, 0.5) is 9.59 Å². The number of hydrogen-bond donors (Lipinski definition) is 1. The number of aromatic nitrogens is 1. The van der Waals surface area contributed by atoms with Crippen molar-refractivity contribution in [2.75, 3.05) is 0 Å². The van der Waals surface area contributed by atoms with Crippen molar-refractivity contribution in [3.05, 3.63) is 65.2 Å². The molecule has 0 saturated heterocycles. The Bertz CT molecular complexity index is 904. The third-order valence-corrected chi connectivity index (χ3v) is 3.54. The second-order valence-electron chi connectivity index (χ2n) is 4.93. The number of benzene rings is 2. The van der Waals surface area contributed by atoms with E-state index in [9.17, 15) is 14.7 Å². The average Bonchev–Trinajstić information content (AvgIpc) is 2.90. The summed E-state index contributed by atoms with van der Waals surface area (Å²) in [5.41, 5.74) is 1.15. The molecule has 0 unspecified atom stereocenters. The maximum Gasteiger partial charge on any atom is 0.515 e. The van der Waals surface area contributed by atoms with Crippen molar-refractivity contribution >= 4 is 34.8 Å². The predicted octanol–water partition coefficient (Wildman–Crippen LogP) is 4.54. The Labute approximate surface area is 141 Å². The van der Waals surface area contributed by atoms with Crippen LogP contribution in [0.1, 0.15) is 5.56 Å². The number of carbonyl (C=O) groups is 2. The maximum absolute atomic E-state index is 11.8. The monoisotopic (exact) mass is 345 g/mol. The summed E-state index contributed by atoms with van der Waals surface area (Å²) >= 11 is 5.89. The van der Waals surface area contributed by atoms with Gasteiger partial charge in [0.2, 0.25) is 5.88 Å². The number of carbonyl (C=O) groups excluding carboxylic acids is 1. The molecular weight excluding hydrogens is 334 g/mol. The van der Waals surface area contributed by atoms with Gasteiger partial charge in [0.15, 0.2) is 0 Å². The van der Waals surface area contributed by atoms with Gasteiger partial charge >= 0.3 is 12.2 Å². The molecule has 0 aliphatic heterocycles. The summed E-state index contributed by atoms with van der Waals surface area (Å²) in [6.07, 6.45) is -2.27. The van der Waals surface area contributed by atoms with E-state index >= 15 is 0 Å². The number of ether oxygens (including phenoxy) is 2. The van der Waals surface area contributed by atoms with Gasteiger partial charge in [-0.3, -0.25) is 0 Å². The van der Waals surface area contributed by atoms with E-state index < -0.39 is 12.2 Å². The molecule has 0 fully saturated rings. The van der Waals surface area contributed by atoms with Crippen molar-refractivity contribution in [1.29, 1.82) is 0 Å². The molecule has 0 radical (unpaired) electrons. The van der Waals surface area contributed by atoms with Crippen LogP contribution in [-0.4, -0.2) is 21.9 Å². The van der Waals surface area contributed by atoms with E-state index in [0.29, 0.717) is 15.9 Å². The smallest absolute Gasteiger partial charge is 0.464 e. The number of halogens is 1. The van der Waals surface area contributed by atoms with Crippen molar-refractivity contribution in [1.82, 2.24) is 4.57 Å². The van der Waals surface area contributed by atoms with Gasteiger partial charge in [0, 0.05) is 16.5 Å². The van der Waals surface area contributed by atoms with Crippen LogP contribution in [0.2, 0.25) is 5.02 Å². The minimum Gasteiger partial charge on any atom is -0.464 e. The van der Waals surface area contributed by atoms with Crippen LogP contribution in [-0.2, 0) is 11.3 Å². The Morgan fingerprint density at radius 1 is 1.08 bits per heavy atom. The zero-order chi connectivity index (χ0) is 17.1. The maximum atomic E-state index is 11.8. The van der Waals surface area contributed by atoms with Gasteiger partial charge in [-0.05, 0) is 23.8 Å². The number of rotatable bonds is 3. The molecule has 0 amide bonds. The fourth-order valence-electron chi connectivity index (χ4n) is 2.26. The summed E-state index contributed by atoms with van der Waals surface area (Å²) in [5.74, 6) is -0.155. The average molecular weight is 346 g/mol. The highest BCUT2D eigenvalue weighted by atomic mass is 35.5. The molecule has 24 heavy (non-hydrogen) atoms. The highest BCUT2D eigenvalue weighted by Gasteiger charge is 2.19. The van der Waals surface area contributed by atoms with E-state index in [1.807, 2.05) is 18.2 Å². The number of nitrogens with zero attached hydrogens (tertiary/aromatic N) is 1. The molecule has 2 aromatic carbocycles. The molecule has 1 N–H and O–H groups in total. The van der Waals surface area contributed by atoms with Crippen LogP contribution in [0.25, 0.3) is 10.9 Å². The fourth-order valence-corrected chi connectivity index (χ4v) is 2.45. The van der Waals surface area contributed by atoms with Crippen molar-refractivity contribution in [2.45, 2.75) is 6.61 Å². The van der Waals surface area contributed by atoms with E-state index in [-0.39, 0.29) is 12.5 Å². The minimum atomic E-state index is -1.28. The highest BCUT2D eigenvalue weighted by molar-refractivity contribution is 6.31. The van der Waals surface area contributed by atoms with Gasteiger partial charge in [-0.25, -0.2) is 14.2 Å². The Morgan fingerprint density at radius 2 is 1.83 bits per heavy atom. The summed E-state index contributed by atoms with van der Waals surface area (Å²) < 4.78 is 10.9. The Kier molecular flexibility index (Phi) is 4.39. The fraction of sp³-hybridized carbons (Fsp3) is 0.0588. The van der Waals surface area contributed by atoms with Gasteiger partial charge in [-0.1, -0.05) is 41.9 Å². The van der Waals surface area contributed by atoms with Crippen molar-refractivity contribution in [2.24, 2.45) is 0 Å². The molecule has 1 aromatic heterocycles. The van der Waals surface area contributed by atoms with Crippen LogP contribution in [0.3, 0.4) is 0 Å².